The van der Waals surface area contributed by atoms with E-state index in [1.54, 1.807) is 0 Å². The average molecular weight is 444 g/mol. The monoisotopic (exact) mass is 443 g/mol. The van der Waals surface area contributed by atoms with Crippen LogP contribution in [0, 0.1) is 0 Å². The van der Waals surface area contributed by atoms with E-state index in [1.165, 1.54) is 30.5 Å². The zero-order chi connectivity index (χ0) is 20.7. The Morgan fingerprint density at radius 3 is 2.61 bits per heavy atom. The van der Waals surface area contributed by atoms with E-state index in [0.717, 1.165) is 4.31 Å². The third kappa shape index (κ3) is 4.19. The lowest BCUT2D eigenvalue weighted by atomic mass is 10.1. The van der Waals surface area contributed by atoms with Crippen LogP contribution in [0.5, 0.6) is 5.88 Å². The first-order valence-electron chi connectivity index (χ1n) is 8.42. The van der Waals surface area contributed by atoms with E-state index in [9.17, 15) is 13.2 Å². The minimum absolute atomic E-state index is 0.00938. The molecule has 150 valence electrons. The number of anilines is 1. The smallest absolute Gasteiger partial charge is 0.266 e. The fraction of sp³-hybridized carbons (Fsp3) is 0.333. The summed E-state index contributed by atoms with van der Waals surface area (Å²) in [6.45, 7) is 5.72. The van der Waals surface area contributed by atoms with Gasteiger partial charge in [-0.25, -0.2) is 13.4 Å². The normalized spacial score (nSPS) is 14.2. The quantitative estimate of drug-likeness (QED) is 0.783. The number of carbonyl (C=O) groups is 1. The highest BCUT2D eigenvalue weighted by Crippen LogP contribution is 2.36. The maximum atomic E-state index is 13.2. The van der Waals surface area contributed by atoms with Gasteiger partial charge >= 0.3 is 0 Å². The molecule has 7 nitrogen and oxygen atoms in total. The van der Waals surface area contributed by atoms with Crippen LogP contribution >= 0.6 is 23.2 Å². The maximum absolute atomic E-state index is 13.2. The molecule has 1 N–H and O–H groups in total. The van der Waals surface area contributed by atoms with Crippen molar-refractivity contribution < 1.29 is 17.9 Å². The Balaban J connectivity index is 2.04. The predicted molar refractivity (Wildman–Crippen MR) is 108 cm³/mol. The van der Waals surface area contributed by atoms with Gasteiger partial charge in [0.15, 0.2) is 0 Å². The molecule has 2 aromatic rings. The largest absolute Gasteiger partial charge is 0.474 e. The molecule has 1 aromatic carbocycles. The highest BCUT2D eigenvalue weighted by Gasteiger charge is 2.33. The van der Waals surface area contributed by atoms with Crippen molar-refractivity contribution in [3.63, 3.8) is 0 Å². The first-order valence-corrected chi connectivity index (χ1v) is 10.6. The molecule has 28 heavy (non-hydrogen) atoms. The van der Waals surface area contributed by atoms with Gasteiger partial charge in [-0.05, 0) is 45.0 Å². The van der Waals surface area contributed by atoms with Crippen molar-refractivity contribution in [3.8, 4) is 5.88 Å². The van der Waals surface area contributed by atoms with Crippen molar-refractivity contribution in [1.82, 2.24) is 10.3 Å². The number of fused-ring (bicyclic) bond motifs is 1. The van der Waals surface area contributed by atoms with Gasteiger partial charge < -0.3 is 10.1 Å². The molecule has 1 aromatic heterocycles. The molecule has 3 rings (SSSR count). The van der Waals surface area contributed by atoms with Crippen LogP contribution in [0.15, 0.2) is 35.4 Å². The Bertz CT molecular complexity index is 1040. The first kappa shape index (κ1) is 20.7. The highest BCUT2D eigenvalue weighted by molar-refractivity contribution is 7.93. The predicted octanol–water partition coefficient (Wildman–Crippen LogP) is 3.50. The van der Waals surface area contributed by atoms with Gasteiger partial charge in [-0.15, -0.1) is 0 Å². The summed E-state index contributed by atoms with van der Waals surface area (Å²) in [6, 6.07) is 5.61. The molecule has 0 spiro atoms. The van der Waals surface area contributed by atoms with Crippen LogP contribution in [-0.4, -0.2) is 38.0 Å². The van der Waals surface area contributed by atoms with Crippen molar-refractivity contribution in [2.45, 2.75) is 31.2 Å². The maximum Gasteiger partial charge on any atom is 0.266 e. The molecule has 1 aliphatic rings. The van der Waals surface area contributed by atoms with Crippen molar-refractivity contribution >= 4 is 44.8 Å². The van der Waals surface area contributed by atoms with Crippen molar-refractivity contribution in [3.05, 3.63) is 46.1 Å². The Morgan fingerprint density at radius 1 is 1.25 bits per heavy atom. The molecule has 1 aliphatic heterocycles. The summed E-state index contributed by atoms with van der Waals surface area (Å²) in [5.74, 6) is -0.234. The van der Waals surface area contributed by atoms with E-state index in [1.807, 2.05) is 20.8 Å². The number of sulfonamides is 1. The lowest BCUT2D eigenvalue weighted by molar-refractivity contribution is 0.0919. The summed E-state index contributed by atoms with van der Waals surface area (Å²) in [6.07, 6.45) is 1.35. The van der Waals surface area contributed by atoms with Crippen LogP contribution < -0.4 is 14.4 Å². The molecule has 0 radical (unpaired) electrons. The molecule has 2 heterocycles. The Kier molecular flexibility index (Phi) is 5.49. The summed E-state index contributed by atoms with van der Waals surface area (Å²) < 4.78 is 33.0. The van der Waals surface area contributed by atoms with E-state index in [2.05, 4.69) is 10.3 Å². The average Bonchev–Trinajstić information content (AvgIpc) is 2.58. The lowest BCUT2D eigenvalue weighted by Gasteiger charge is -2.30. The molecule has 0 saturated heterocycles. The fourth-order valence-electron chi connectivity index (χ4n) is 2.67. The van der Waals surface area contributed by atoms with E-state index >= 15 is 0 Å². The van der Waals surface area contributed by atoms with Gasteiger partial charge in [-0.2, -0.15) is 0 Å². The third-order valence-electron chi connectivity index (χ3n) is 3.85. The number of carbonyl (C=O) groups excluding carboxylic acids is 1. The van der Waals surface area contributed by atoms with Gasteiger partial charge in [-0.1, -0.05) is 23.2 Å². The number of aromatic nitrogens is 1. The molecular weight excluding hydrogens is 425 g/mol. The highest BCUT2D eigenvalue weighted by atomic mass is 35.5. The van der Waals surface area contributed by atoms with E-state index in [4.69, 9.17) is 27.9 Å². The second-order valence-corrected chi connectivity index (χ2v) is 9.93. The number of nitrogens with zero attached hydrogens (tertiary/aromatic N) is 2. The zero-order valence-electron chi connectivity index (χ0n) is 15.5. The number of benzene rings is 1. The third-order valence-corrected chi connectivity index (χ3v) is 6.38. The number of hydrogen-bond donors (Lipinski definition) is 1. The number of nitrogens with one attached hydrogen (secondary N) is 1. The molecule has 0 bridgehead atoms. The summed E-state index contributed by atoms with van der Waals surface area (Å²) >= 11 is 12.0. The zero-order valence-corrected chi connectivity index (χ0v) is 17.8. The van der Waals surface area contributed by atoms with Crippen LogP contribution in [-0.2, 0) is 10.0 Å². The second-order valence-electron chi connectivity index (χ2n) is 7.25. The molecule has 0 saturated carbocycles. The first-order chi connectivity index (χ1) is 13.0. The van der Waals surface area contributed by atoms with Crippen LogP contribution in [0.1, 0.15) is 31.1 Å². The van der Waals surface area contributed by atoms with Crippen LogP contribution in [0.25, 0.3) is 0 Å². The Labute approximate surface area is 173 Å². The SMILES string of the molecule is CC(C)(C)NC(=O)c1cnc2c(c1)N(S(=O)(=O)c1ccc(Cl)cc1Cl)CCO2. The summed E-state index contributed by atoms with van der Waals surface area (Å²) in [5, 5.41) is 3.16. The summed E-state index contributed by atoms with van der Waals surface area (Å²) in [5.41, 5.74) is -0.0491. The van der Waals surface area contributed by atoms with Crippen molar-refractivity contribution in [2.75, 3.05) is 17.5 Å². The van der Waals surface area contributed by atoms with Gasteiger partial charge in [0.05, 0.1) is 17.1 Å². The number of halogens is 2. The topological polar surface area (TPSA) is 88.6 Å². The molecular formula is C18H19Cl2N3O4S. The van der Waals surface area contributed by atoms with Crippen LogP contribution in [0.4, 0.5) is 5.69 Å². The summed E-state index contributed by atoms with van der Waals surface area (Å²) in [4.78, 5) is 16.5. The molecule has 0 atom stereocenters. The number of amides is 1. The van der Waals surface area contributed by atoms with E-state index in [0.29, 0.717) is 5.02 Å². The van der Waals surface area contributed by atoms with Crippen molar-refractivity contribution in [1.29, 1.82) is 0 Å². The number of hydrogen-bond acceptors (Lipinski definition) is 5. The van der Waals surface area contributed by atoms with Gasteiger partial charge in [0.2, 0.25) is 5.88 Å². The molecule has 0 fully saturated rings. The number of ether oxygens (including phenoxy) is 1. The molecule has 0 aliphatic carbocycles. The molecule has 0 unspecified atom stereocenters. The summed E-state index contributed by atoms with van der Waals surface area (Å²) in [7, 11) is -4.01. The molecule has 10 heteroatoms. The minimum Gasteiger partial charge on any atom is -0.474 e. The van der Waals surface area contributed by atoms with E-state index in [-0.39, 0.29) is 46.1 Å². The van der Waals surface area contributed by atoms with Gasteiger partial charge in [-0.3, -0.25) is 9.10 Å². The van der Waals surface area contributed by atoms with Gasteiger partial charge in [0.25, 0.3) is 15.9 Å². The van der Waals surface area contributed by atoms with Gasteiger partial charge in [0, 0.05) is 16.8 Å². The second kappa shape index (κ2) is 7.42. The van der Waals surface area contributed by atoms with E-state index < -0.39 is 15.6 Å². The number of pyridine rings is 1. The molecule has 1 amide bonds. The number of rotatable bonds is 3. The minimum atomic E-state index is -4.01. The Morgan fingerprint density at radius 2 is 1.96 bits per heavy atom. The fourth-order valence-corrected chi connectivity index (χ4v) is 4.85. The van der Waals surface area contributed by atoms with Crippen LogP contribution in [0.3, 0.4) is 0 Å². The Hall–Kier alpha value is -2.03. The van der Waals surface area contributed by atoms with Crippen LogP contribution in [0.2, 0.25) is 10.0 Å². The van der Waals surface area contributed by atoms with Crippen molar-refractivity contribution in [2.24, 2.45) is 0 Å². The lowest BCUT2D eigenvalue weighted by Crippen LogP contribution is -2.41. The van der Waals surface area contributed by atoms with Gasteiger partial charge in [0.1, 0.15) is 17.2 Å². The standard InChI is InChI=1S/C18H19Cl2N3O4S/c1-18(2,3)22-16(24)11-8-14-17(21-10-11)27-7-6-23(14)28(25,26)15-5-4-12(19)9-13(15)20/h4-5,8-10H,6-7H2,1-3H3,(H,22,24).